The van der Waals surface area contributed by atoms with Gasteiger partial charge in [0, 0.05) is 13.0 Å². The molecule has 10 heavy (non-hydrogen) atoms. The lowest BCUT2D eigenvalue weighted by molar-refractivity contribution is 0.0917. The Bertz CT molecular complexity index is 57.6. The fraction of sp³-hybridized carbons (Fsp3) is 1.00. The van der Waals surface area contributed by atoms with Crippen LogP contribution in [-0.4, -0.2) is 19.1 Å². The summed E-state index contributed by atoms with van der Waals surface area (Å²) >= 11 is 5.50. The van der Waals surface area contributed by atoms with Gasteiger partial charge in [0.15, 0.2) is 0 Å². The Kier molecular flexibility index (Phi) is 11.8. The SMILES string of the molecule is CCC(CCCCl)OC.F. The number of rotatable bonds is 5. The van der Waals surface area contributed by atoms with Crippen LogP contribution in [0, 0.1) is 0 Å². The number of ether oxygens (including phenoxy) is 1. The van der Waals surface area contributed by atoms with E-state index in [1.807, 2.05) is 0 Å². The number of halogens is 2. The van der Waals surface area contributed by atoms with E-state index in [0.717, 1.165) is 25.1 Å². The molecule has 64 valence electrons. The lowest BCUT2D eigenvalue weighted by Crippen LogP contribution is -2.08. The molecule has 3 heteroatoms. The molecule has 0 spiro atoms. The lowest BCUT2D eigenvalue weighted by Gasteiger charge is -2.10. The van der Waals surface area contributed by atoms with Crippen LogP contribution in [0.2, 0.25) is 0 Å². The molecule has 1 nitrogen and oxygen atoms in total. The number of methoxy groups -OCH3 is 1. The third kappa shape index (κ3) is 6.30. The van der Waals surface area contributed by atoms with E-state index in [1.54, 1.807) is 7.11 Å². The summed E-state index contributed by atoms with van der Waals surface area (Å²) in [6, 6.07) is 0. The molecule has 0 rings (SSSR count). The van der Waals surface area contributed by atoms with E-state index in [2.05, 4.69) is 6.92 Å². The van der Waals surface area contributed by atoms with Crippen molar-refractivity contribution < 1.29 is 9.44 Å². The van der Waals surface area contributed by atoms with E-state index in [9.17, 15) is 0 Å². The van der Waals surface area contributed by atoms with Crippen LogP contribution in [-0.2, 0) is 4.74 Å². The third-order valence-corrected chi connectivity index (χ3v) is 1.72. The van der Waals surface area contributed by atoms with Crippen molar-refractivity contribution in [2.24, 2.45) is 0 Å². The van der Waals surface area contributed by atoms with Crippen LogP contribution in [0.5, 0.6) is 0 Å². The quantitative estimate of drug-likeness (QED) is 0.577. The van der Waals surface area contributed by atoms with Crippen LogP contribution in [0.4, 0.5) is 4.70 Å². The second-order valence-electron chi connectivity index (χ2n) is 2.10. The minimum atomic E-state index is 0. The van der Waals surface area contributed by atoms with Crippen molar-refractivity contribution >= 4 is 11.6 Å². The largest absolute Gasteiger partial charge is 0.381 e. The maximum Gasteiger partial charge on any atom is 0.0569 e. The van der Waals surface area contributed by atoms with Crippen LogP contribution in [0.15, 0.2) is 0 Å². The summed E-state index contributed by atoms with van der Waals surface area (Å²) in [4.78, 5) is 0. The first-order valence-corrected chi connectivity index (χ1v) is 3.97. The van der Waals surface area contributed by atoms with Crippen LogP contribution in [0.3, 0.4) is 0 Å². The topological polar surface area (TPSA) is 9.23 Å². The monoisotopic (exact) mass is 170 g/mol. The molecule has 0 aliphatic rings. The smallest absolute Gasteiger partial charge is 0.0569 e. The first-order chi connectivity index (χ1) is 4.35. The Labute approximate surface area is 67.1 Å². The predicted molar refractivity (Wildman–Crippen MR) is 43.5 cm³/mol. The lowest BCUT2D eigenvalue weighted by atomic mass is 10.2. The average Bonchev–Trinajstić information content (AvgIpc) is 1.91. The van der Waals surface area contributed by atoms with E-state index in [4.69, 9.17) is 16.3 Å². The van der Waals surface area contributed by atoms with Crippen molar-refractivity contribution in [3.63, 3.8) is 0 Å². The zero-order chi connectivity index (χ0) is 7.11. The first-order valence-electron chi connectivity index (χ1n) is 3.43. The summed E-state index contributed by atoms with van der Waals surface area (Å²) < 4.78 is 5.14. The highest BCUT2D eigenvalue weighted by Crippen LogP contribution is 2.05. The molecule has 0 aromatic carbocycles. The van der Waals surface area contributed by atoms with Crippen molar-refractivity contribution in [2.45, 2.75) is 32.3 Å². The van der Waals surface area contributed by atoms with Gasteiger partial charge in [-0.3, -0.25) is 4.70 Å². The van der Waals surface area contributed by atoms with Crippen molar-refractivity contribution in [3.05, 3.63) is 0 Å². The van der Waals surface area contributed by atoms with Gasteiger partial charge < -0.3 is 4.74 Å². The number of alkyl halides is 1. The molecule has 0 saturated carbocycles. The van der Waals surface area contributed by atoms with Crippen molar-refractivity contribution in [1.82, 2.24) is 0 Å². The number of hydrogen-bond donors (Lipinski definition) is 0. The Hall–Kier alpha value is 0.180. The zero-order valence-electron chi connectivity index (χ0n) is 6.60. The van der Waals surface area contributed by atoms with E-state index >= 15 is 0 Å². The van der Waals surface area contributed by atoms with Crippen molar-refractivity contribution in [2.75, 3.05) is 13.0 Å². The van der Waals surface area contributed by atoms with Crippen LogP contribution in [0.1, 0.15) is 26.2 Å². The minimum absolute atomic E-state index is 0. The van der Waals surface area contributed by atoms with Gasteiger partial charge in [-0.1, -0.05) is 6.92 Å². The van der Waals surface area contributed by atoms with Gasteiger partial charge in [0.2, 0.25) is 0 Å². The first kappa shape index (κ1) is 12.8. The molecule has 1 unspecified atom stereocenters. The second-order valence-corrected chi connectivity index (χ2v) is 2.48. The third-order valence-electron chi connectivity index (χ3n) is 1.45. The Balaban J connectivity index is 0. The summed E-state index contributed by atoms with van der Waals surface area (Å²) in [5.74, 6) is 0.750. The second kappa shape index (κ2) is 9.18. The molecule has 0 amide bonds. The number of hydrogen-bond acceptors (Lipinski definition) is 1. The fourth-order valence-electron chi connectivity index (χ4n) is 0.793. The standard InChI is InChI=1S/C7H15ClO.FH/c1-3-7(9-2)5-4-6-8;/h7H,3-6H2,1-2H3;1H. The molecule has 0 radical (unpaired) electrons. The normalized spacial score (nSPS) is 12.3. The summed E-state index contributed by atoms with van der Waals surface area (Å²) in [5.41, 5.74) is 0. The summed E-state index contributed by atoms with van der Waals surface area (Å²) in [6.45, 7) is 2.13. The minimum Gasteiger partial charge on any atom is -0.381 e. The van der Waals surface area contributed by atoms with Crippen molar-refractivity contribution in [3.8, 4) is 0 Å². The maximum atomic E-state index is 5.50. The molecule has 0 bridgehead atoms. The molecule has 0 aliphatic heterocycles. The molecule has 0 fully saturated rings. The van der Waals surface area contributed by atoms with Crippen LogP contribution >= 0.6 is 11.6 Å². The van der Waals surface area contributed by atoms with E-state index < -0.39 is 0 Å². The van der Waals surface area contributed by atoms with Gasteiger partial charge in [0.1, 0.15) is 0 Å². The Morgan fingerprint density at radius 1 is 1.50 bits per heavy atom. The van der Waals surface area contributed by atoms with Gasteiger partial charge in [-0.2, -0.15) is 0 Å². The van der Waals surface area contributed by atoms with Crippen LogP contribution < -0.4 is 0 Å². The molecule has 0 heterocycles. The van der Waals surface area contributed by atoms with Gasteiger partial charge in [0.05, 0.1) is 6.10 Å². The van der Waals surface area contributed by atoms with Crippen LogP contribution in [0.25, 0.3) is 0 Å². The van der Waals surface area contributed by atoms with Gasteiger partial charge in [-0.15, -0.1) is 11.6 Å². The molecule has 0 aromatic rings. The highest BCUT2D eigenvalue weighted by molar-refractivity contribution is 6.17. The predicted octanol–water partition coefficient (Wildman–Crippen LogP) is 2.58. The fourth-order valence-corrected chi connectivity index (χ4v) is 0.948. The zero-order valence-corrected chi connectivity index (χ0v) is 7.36. The molecular formula is C7H16ClFO. The summed E-state index contributed by atoms with van der Waals surface area (Å²) in [5, 5.41) is 0. The molecule has 0 N–H and O–H groups in total. The van der Waals surface area contributed by atoms with E-state index in [0.29, 0.717) is 6.10 Å². The molecule has 1 atom stereocenters. The summed E-state index contributed by atoms with van der Waals surface area (Å²) in [7, 11) is 1.75. The molecule has 0 saturated heterocycles. The van der Waals surface area contributed by atoms with Gasteiger partial charge >= 0.3 is 0 Å². The average molecular weight is 171 g/mol. The molecule has 0 aromatic heterocycles. The highest BCUT2D eigenvalue weighted by Gasteiger charge is 2.01. The molecular weight excluding hydrogens is 155 g/mol. The van der Waals surface area contributed by atoms with E-state index in [1.165, 1.54) is 0 Å². The Morgan fingerprint density at radius 2 is 2.10 bits per heavy atom. The van der Waals surface area contributed by atoms with Gasteiger partial charge in [-0.05, 0) is 19.3 Å². The summed E-state index contributed by atoms with van der Waals surface area (Å²) in [6.07, 6.45) is 3.67. The van der Waals surface area contributed by atoms with E-state index in [-0.39, 0.29) is 4.70 Å². The Morgan fingerprint density at radius 3 is 2.40 bits per heavy atom. The van der Waals surface area contributed by atoms with Gasteiger partial charge in [-0.25, -0.2) is 0 Å². The van der Waals surface area contributed by atoms with Crippen molar-refractivity contribution in [1.29, 1.82) is 0 Å². The van der Waals surface area contributed by atoms with Gasteiger partial charge in [0.25, 0.3) is 0 Å². The molecule has 0 aliphatic carbocycles. The highest BCUT2D eigenvalue weighted by atomic mass is 35.5. The maximum absolute atomic E-state index is 5.50.